The molecule has 0 saturated carbocycles. The summed E-state index contributed by atoms with van der Waals surface area (Å²) in [5.41, 5.74) is 0. The minimum absolute atomic E-state index is 0.0110. The SMILES string of the molecule is CCNC(=O)C1CNCCN1C(C)C(=O)N(C)C. The molecule has 0 spiro atoms. The Kier molecular flexibility index (Phi) is 5.55. The van der Waals surface area contributed by atoms with Crippen LogP contribution in [0.1, 0.15) is 13.8 Å². The maximum absolute atomic E-state index is 12.0. The van der Waals surface area contributed by atoms with Gasteiger partial charge in [0.1, 0.15) is 6.04 Å². The van der Waals surface area contributed by atoms with E-state index in [2.05, 4.69) is 10.6 Å². The van der Waals surface area contributed by atoms with Gasteiger partial charge in [0.05, 0.1) is 6.04 Å². The second-order valence-corrected chi connectivity index (χ2v) is 4.76. The molecule has 0 aromatic heterocycles. The summed E-state index contributed by atoms with van der Waals surface area (Å²) in [7, 11) is 3.48. The van der Waals surface area contributed by atoms with Gasteiger partial charge in [0, 0.05) is 40.3 Å². The molecular weight excluding hydrogens is 232 g/mol. The Morgan fingerprint density at radius 3 is 2.72 bits per heavy atom. The van der Waals surface area contributed by atoms with E-state index in [1.165, 1.54) is 0 Å². The van der Waals surface area contributed by atoms with Gasteiger partial charge in [-0.2, -0.15) is 0 Å². The smallest absolute Gasteiger partial charge is 0.239 e. The van der Waals surface area contributed by atoms with E-state index in [9.17, 15) is 9.59 Å². The number of hydrogen-bond donors (Lipinski definition) is 2. The van der Waals surface area contributed by atoms with Gasteiger partial charge in [-0.3, -0.25) is 14.5 Å². The first-order chi connectivity index (χ1) is 8.49. The van der Waals surface area contributed by atoms with Gasteiger partial charge in [-0.05, 0) is 13.8 Å². The fourth-order valence-electron chi connectivity index (χ4n) is 2.23. The molecule has 6 nitrogen and oxygen atoms in total. The average Bonchev–Trinajstić information content (AvgIpc) is 2.37. The first kappa shape index (κ1) is 14.9. The summed E-state index contributed by atoms with van der Waals surface area (Å²) in [4.78, 5) is 27.5. The minimum Gasteiger partial charge on any atom is -0.355 e. The second-order valence-electron chi connectivity index (χ2n) is 4.76. The molecule has 0 aliphatic carbocycles. The standard InChI is InChI=1S/C12H24N4O2/c1-5-14-11(17)10-8-13-6-7-16(10)9(2)12(18)15(3)4/h9-10,13H,5-8H2,1-4H3,(H,14,17). The van der Waals surface area contributed by atoms with Crippen LogP contribution in [0.25, 0.3) is 0 Å². The molecule has 2 N–H and O–H groups in total. The summed E-state index contributed by atoms with van der Waals surface area (Å²) in [6.07, 6.45) is 0. The van der Waals surface area contributed by atoms with E-state index in [0.717, 1.165) is 6.54 Å². The van der Waals surface area contributed by atoms with Crippen LogP contribution in [0, 0.1) is 0 Å². The molecule has 1 aliphatic rings. The largest absolute Gasteiger partial charge is 0.355 e. The molecular formula is C12H24N4O2. The van der Waals surface area contributed by atoms with Crippen molar-refractivity contribution < 1.29 is 9.59 Å². The Morgan fingerprint density at radius 2 is 2.17 bits per heavy atom. The third kappa shape index (κ3) is 3.43. The summed E-state index contributed by atoms with van der Waals surface area (Å²) < 4.78 is 0. The van der Waals surface area contributed by atoms with E-state index < -0.39 is 0 Å². The van der Waals surface area contributed by atoms with Crippen molar-refractivity contribution in [3.8, 4) is 0 Å². The molecule has 1 heterocycles. The van der Waals surface area contributed by atoms with Gasteiger partial charge >= 0.3 is 0 Å². The number of piperazine rings is 1. The highest BCUT2D eigenvalue weighted by molar-refractivity contribution is 5.85. The molecule has 1 saturated heterocycles. The summed E-state index contributed by atoms with van der Waals surface area (Å²) in [5, 5.41) is 6.02. The molecule has 1 fully saturated rings. The molecule has 0 radical (unpaired) electrons. The third-order valence-electron chi connectivity index (χ3n) is 3.23. The number of carbonyl (C=O) groups excluding carboxylic acids is 2. The zero-order valence-corrected chi connectivity index (χ0v) is 11.7. The first-order valence-electron chi connectivity index (χ1n) is 6.44. The average molecular weight is 256 g/mol. The summed E-state index contributed by atoms with van der Waals surface area (Å²) in [6.45, 7) is 6.48. The van der Waals surface area contributed by atoms with Gasteiger partial charge in [-0.25, -0.2) is 0 Å². The second kappa shape index (κ2) is 6.70. The van der Waals surface area contributed by atoms with E-state index in [1.807, 2.05) is 18.7 Å². The van der Waals surface area contributed by atoms with E-state index in [-0.39, 0.29) is 23.9 Å². The maximum Gasteiger partial charge on any atom is 0.239 e. The predicted octanol–water partition coefficient (Wildman–Crippen LogP) is -1.13. The van der Waals surface area contributed by atoms with E-state index >= 15 is 0 Å². The van der Waals surface area contributed by atoms with Gasteiger partial charge < -0.3 is 15.5 Å². The lowest BCUT2D eigenvalue weighted by atomic mass is 10.1. The number of rotatable bonds is 4. The Morgan fingerprint density at radius 1 is 1.50 bits per heavy atom. The lowest BCUT2D eigenvalue weighted by molar-refractivity contribution is -0.138. The normalized spacial score (nSPS) is 22.3. The molecule has 2 unspecified atom stereocenters. The van der Waals surface area contributed by atoms with Crippen molar-refractivity contribution in [3.05, 3.63) is 0 Å². The van der Waals surface area contributed by atoms with Gasteiger partial charge in [0.2, 0.25) is 11.8 Å². The van der Waals surface area contributed by atoms with Crippen LogP contribution >= 0.6 is 0 Å². The topological polar surface area (TPSA) is 64.7 Å². The van der Waals surface area contributed by atoms with Crippen LogP contribution in [0.3, 0.4) is 0 Å². The van der Waals surface area contributed by atoms with Gasteiger partial charge in [0.25, 0.3) is 0 Å². The van der Waals surface area contributed by atoms with E-state index in [4.69, 9.17) is 0 Å². The Balaban J connectivity index is 2.75. The molecule has 1 aliphatic heterocycles. The molecule has 2 amide bonds. The summed E-state index contributed by atoms with van der Waals surface area (Å²) >= 11 is 0. The Labute approximate surface area is 109 Å². The number of carbonyl (C=O) groups is 2. The summed E-state index contributed by atoms with van der Waals surface area (Å²) in [5.74, 6) is 0.0225. The number of likely N-dealkylation sites (N-methyl/N-ethyl adjacent to an activating group) is 2. The zero-order valence-electron chi connectivity index (χ0n) is 11.7. The Hall–Kier alpha value is -1.14. The highest BCUT2D eigenvalue weighted by atomic mass is 16.2. The van der Waals surface area contributed by atoms with Crippen LogP contribution in [-0.4, -0.2) is 74.0 Å². The molecule has 0 bridgehead atoms. The summed E-state index contributed by atoms with van der Waals surface area (Å²) in [6, 6.07) is -0.535. The van der Waals surface area contributed by atoms with Crippen molar-refractivity contribution in [1.29, 1.82) is 0 Å². The molecule has 0 aromatic rings. The van der Waals surface area contributed by atoms with Crippen LogP contribution in [0.4, 0.5) is 0 Å². The third-order valence-corrected chi connectivity index (χ3v) is 3.23. The molecule has 104 valence electrons. The predicted molar refractivity (Wildman–Crippen MR) is 70.2 cm³/mol. The first-order valence-corrected chi connectivity index (χ1v) is 6.44. The quantitative estimate of drug-likeness (QED) is 0.668. The van der Waals surface area contributed by atoms with Crippen molar-refractivity contribution in [2.24, 2.45) is 0 Å². The lowest BCUT2D eigenvalue weighted by Crippen LogP contribution is -2.62. The molecule has 0 aromatic carbocycles. The van der Waals surface area contributed by atoms with Crippen LogP contribution < -0.4 is 10.6 Å². The fraction of sp³-hybridized carbons (Fsp3) is 0.833. The van der Waals surface area contributed by atoms with Crippen molar-refractivity contribution >= 4 is 11.8 Å². The van der Waals surface area contributed by atoms with Crippen LogP contribution in [-0.2, 0) is 9.59 Å². The molecule has 2 atom stereocenters. The molecule has 6 heteroatoms. The lowest BCUT2D eigenvalue weighted by Gasteiger charge is -2.39. The van der Waals surface area contributed by atoms with Crippen LogP contribution in [0.5, 0.6) is 0 Å². The number of nitrogens with zero attached hydrogens (tertiary/aromatic N) is 2. The number of amides is 2. The highest BCUT2D eigenvalue weighted by Crippen LogP contribution is 2.10. The molecule has 1 rings (SSSR count). The van der Waals surface area contributed by atoms with Gasteiger partial charge in [-0.15, -0.1) is 0 Å². The zero-order chi connectivity index (χ0) is 13.7. The number of hydrogen-bond acceptors (Lipinski definition) is 4. The van der Waals surface area contributed by atoms with Crippen molar-refractivity contribution in [2.75, 3.05) is 40.3 Å². The van der Waals surface area contributed by atoms with E-state index in [0.29, 0.717) is 19.6 Å². The monoisotopic (exact) mass is 256 g/mol. The van der Waals surface area contributed by atoms with Crippen molar-refractivity contribution in [3.63, 3.8) is 0 Å². The van der Waals surface area contributed by atoms with Crippen LogP contribution in [0.15, 0.2) is 0 Å². The minimum atomic E-state index is -0.269. The van der Waals surface area contributed by atoms with Crippen LogP contribution in [0.2, 0.25) is 0 Å². The fourth-order valence-corrected chi connectivity index (χ4v) is 2.23. The highest BCUT2D eigenvalue weighted by Gasteiger charge is 2.34. The Bertz CT molecular complexity index is 306. The van der Waals surface area contributed by atoms with Gasteiger partial charge in [0.15, 0.2) is 0 Å². The maximum atomic E-state index is 12.0. The number of nitrogens with one attached hydrogen (secondary N) is 2. The van der Waals surface area contributed by atoms with Crippen molar-refractivity contribution in [1.82, 2.24) is 20.4 Å². The van der Waals surface area contributed by atoms with E-state index in [1.54, 1.807) is 19.0 Å². The van der Waals surface area contributed by atoms with Gasteiger partial charge in [-0.1, -0.05) is 0 Å². The molecule has 18 heavy (non-hydrogen) atoms. The van der Waals surface area contributed by atoms with Crippen molar-refractivity contribution in [2.45, 2.75) is 25.9 Å².